The molecule has 0 aromatic rings. The monoisotopic (exact) mass is 835 g/mol. The Morgan fingerprint density at radius 3 is 0.831 bits per heavy atom. The molecule has 6 nitrogen and oxygen atoms in total. The zero-order valence-electron chi connectivity index (χ0n) is 40.2. The Kier molecular flexibility index (Phi) is 46.2. The SMILES string of the molecule is CCCCCCCCCCCCCCCCCCCC(=O)OC[C@@H](COC(=O)CCCCCCCCCCCCCCC)OC(=O)CCCCCCCCCCC(C)C. The summed E-state index contributed by atoms with van der Waals surface area (Å²) < 4.78 is 16.8. The second-order valence-corrected chi connectivity index (χ2v) is 18.6. The Bertz CT molecular complexity index is 887. The van der Waals surface area contributed by atoms with E-state index in [1.54, 1.807) is 0 Å². The molecule has 0 aliphatic rings. The highest BCUT2D eigenvalue weighted by Crippen LogP contribution is 2.17. The minimum Gasteiger partial charge on any atom is -0.462 e. The first-order valence-corrected chi connectivity index (χ1v) is 26.4. The zero-order valence-corrected chi connectivity index (χ0v) is 40.2. The highest BCUT2D eigenvalue weighted by atomic mass is 16.6. The van der Waals surface area contributed by atoms with Crippen LogP contribution in [0.5, 0.6) is 0 Å². The van der Waals surface area contributed by atoms with Crippen molar-refractivity contribution in [1.82, 2.24) is 0 Å². The lowest BCUT2D eigenvalue weighted by Crippen LogP contribution is -2.30. The smallest absolute Gasteiger partial charge is 0.306 e. The summed E-state index contributed by atoms with van der Waals surface area (Å²) in [5.41, 5.74) is 0. The second kappa shape index (κ2) is 47.5. The van der Waals surface area contributed by atoms with Crippen molar-refractivity contribution in [2.75, 3.05) is 13.2 Å². The third-order valence-corrected chi connectivity index (χ3v) is 12.0. The van der Waals surface area contributed by atoms with Crippen molar-refractivity contribution in [1.29, 1.82) is 0 Å². The maximum absolute atomic E-state index is 12.8. The highest BCUT2D eigenvalue weighted by molar-refractivity contribution is 5.71. The van der Waals surface area contributed by atoms with Crippen LogP contribution < -0.4 is 0 Å². The van der Waals surface area contributed by atoms with Crippen molar-refractivity contribution in [3.05, 3.63) is 0 Å². The van der Waals surface area contributed by atoms with E-state index in [1.165, 1.54) is 193 Å². The van der Waals surface area contributed by atoms with Crippen LogP contribution in [0.4, 0.5) is 0 Å². The van der Waals surface area contributed by atoms with Crippen LogP contribution in [0.3, 0.4) is 0 Å². The number of hydrogen-bond acceptors (Lipinski definition) is 6. The fraction of sp³-hybridized carbons (Fsp3) is 0.943. The molecule has 59 heavy (non-hydrogen) atoms. The lowest BCUT2D eigenvalue weighted by Gasteiger charge is -2.18. The van der Waals surface area contributed by atoms with Crippen LogP contribution in [0.1, 0.15) is 297 Å². The molecule has 0 aliphatic carbocycles. The molecule has 0 aromatic heterocycles. The number of hydrogen-bond donors (Lipinski definition) is 0. The number of unbranched alkanes of at least 4 members (excludes halogenated alkanes) is 35. The van der Waals surface area contributed by atoms with Crippen LogP contribution in [0, 0.1) is 5.92 Å². The molecular formula is C53H102O6. The van der Waals surface area contributed by atoms with Gasteiger partial charge in [-0.15, -0.1) is 0 Å². The second-order valence-electron chi connectivity index (χ2n) is 18.6. The van der Waals surface area contributed by atoms with Gasteiger partial charge in [0.1, 0.15) is 13.2 Å². The summed E-state index contributed by atoms with van der Waals surface area (Å²) in [5, 5.41) is 0. The minimum atomic E-state index is -0.761. The van der Waals surface area contributed by atoms with Gasteiger partial charge in [0, 0.05) is 19.3 Å². The molecule has 0 heterocycles. The third kappa shape index (κ3) is 47.3. The molecule has 0 radical (unpaired) electrons. The molecule has 0 aliphatic heterocycles. The molecule has 0 rings (SSSR count). The van der Waals surface area contributed by atoms with Gasteiger partial charge in [-0.2, -0.15) is 0 Å². The van der Waals surface area contributed by atoms with E-state index in [4.69, 9.17) is 14.2 Å². The van der Waals surface area contributed by atoms with E-state index in [-0.39, 0.29) is 31.1 Å². The number of rotatable bonds is 48. The van der Waals surface area contributed by atoms with Gasteiger partial charge in [0.2, 0.25) is 0 Å². The van der Waals surface area contributed by atoms with Crippen LogP contribution in [-0.2, 0) is 28.6 Å². The maximum atomic E-state index is 12.8. The standard InChI is InChI=1S/C53H102O6/c1-5-7-9-11-13-15-17-19-20-21-22-24-26-28-33-37-41-45-52(55)58-48-50(59-53(56)46-42-38-34-30-29-31-35-39-43-49(3)4)47-57-51(54)44-40-36-32-27-25-23-18-16-14-12-10-8-6-2/h49-50H,5-48H2,1-4H3/t50-/m1/s1. The van der Waals surface area contributed by atoms with Crippen molar-refractivity contribution < 1.29 is 28.6 Å². The van der Waals surface area contributed by atoms with E-state index in [9.17, 15) is 14.4 Å². The normalized spacial score (nSPS) is 11.9. The number of carbonyl (C=O) groups is 3. The average molecular weight is 835 g/mol. The quantitative estimate of drug-likeness (QED) is 0.0345. The molecule has 0 aromatic carbocycles. The molecule has 0 bridgehead atoms. The van der Waals surface area contributed by atoms with Crippen LogP contribution in [-0.4, -0.2) is 37.2 Å². The van der Waals surface area contributed by atoms with Crippen LogP contribution >= 0.6 is 0 Å². The van der Waals surface area contributed by atoms with Crippen molar-refractivity contribution in [2.45, 2.75) is 303 Å². The van der Waals surface area contributed by atoms with Gasteiger partial charge in [-0.25, -0.2) is 0 Å². The molecule has 0 N–H and O–H groups in total. The third-order valence-electron chi connectivity index (χ3n) is 12.0. The summed E-state index contributed by atoms with van der Waals surface area (Å²) in [6, 6.07) is 0. The molecule has 0 saturated carbocycles. The Morgan fingerprint density at radius 2 is 0.559 bits per heavy atom. The van der Waals surface area contributed by atoms with Gasteiger partial charge in [0.15, 0.2) is 6.10 Å². The summed E-state index contributed by atoms with van der Waals surface area (Å²) in [6.45, 7) is 9.00. The van der Waals surface area contributed by atoms with E-state index in [0.29, 0.717) is 19.3 Å². The molecule has 0 fully saturated rings. The van der Waals surface area contributed by atoms with Gasteiger partial charge in [-0.1, -0.05) is 259 Å². The Labute approximate surface area is 368 Å². The summed E-state index contributed by atoms with van der Waals surface area (Å²) >= 11 is 0. The van der Waals surface area contributed by atoms with Gasteiger partial charge in [-0.05, 0) is 25.2 Å². The van der Waals surface area contributed by atoms with Crippen LogP contribution in [0.15, 0.2) is 0 Å². The lowest BCUT2D eigenvalue weighted by atomic mass is 10.0. The van der Waals surface area contributed by atoms with Gasteiger partial charge < -0.3 is 14.2 Å². The molecule has 0 unspecified atom stereocenters. The predicted molar refractivity (Wildman–Crippen MR) is 252 cm³/mol. The summed E-state index contributed by atoms with van der Waals surface area (Å²) in [7, 11) is 0. The largest absolute Gasteiger partial charge is 0.462 e. The predicted octanol–water partition coefficient (Wildman–Crippen LogP) is 17.1. The van der Waals surface area contributed by atoms with E-state index >= 15 is 0 Å². The first-order valence-electron chi connectivity index (χ1n) is 26.4. The number of ether oxygens (including phenoxy) is 3. The highest BCUT2D eigenvalue weighted by Gasteiger charge is 2.19. The van der Waals surface area contributed by atoms with Crippen molar-refractivity contribution in [3.8, 4) is 0 Å². The fourth-order valence-electron chi connectivity index (χ4n) is 8.04. The van der Waals surface area contributed by atoms with Crippen LogP contribution in [0.25, 0.3) is 0 Å². The van der Waals surface area contributed by atoms with E-state index in [0.717, 1.165) is 63.7 Å². The molecule has 1 atom stereocenters. The molecule has 350 valence electrons. The molecule has 0 saturated heterocycles. The fourth-order valence-corrected chi connectivity index (χ4v) is 8.04. The number of esters is 3. The first kappa shape index (κ1) is 57.4. The summed E-state index contributed by atoms with van der Waals surface area (Å²) in [5.74, 6) is -0.0519. The summed E-state index contributed by atoms with van der Waals surface area (Å²) in [4.78, 5) is 37.9. The topological polar surface area (TPSA) is 78.9 Å². The molecule has 0 spiro atoms. The maximum Gasteiger partial charge on any atom is 0.306 e. The van der Waals surface area contributed by atoms with Crippen molar-refractivity contribution in [2.24, 2.45) is 5.92 Å². The first-order chi connectivity index (χ1) is 28.9. The van der Waals surface area contributed by atoms with Gasteiger partial charge in [0.25, 0.3) is 0 Å². The van der Waals surface area contributed by atoms with E-state index in [2.05, 4.69) is 27.7 Å². The van der Waals surface area contributed by atoms with Gasteiger partial charge in [0.05, 0.1) is 0 Å². The van der Waals surface area contributed by atoms with Crippen LogP contribution in [0.2, 0.25) is 0 Å². The van der Waals surface area contributed by atoms with E-state index in [1.807, 2.05) is 0 Å². The van der Waals surface area contributed by atoms with Gasteiger partial charge >= 0.3 is 17.9 Å². The molecule has 6 heteroatoms. The molecule has 0 amide bonds. The minimum absolute atomic E-state index is 0.0631. The lowest BCUT2D eigenvalue weighted by molar-refractivity contribution is -0.167. The van der Waals surface area contributed by atoms with E-state index < -0.39 is 6.10 Å². The Hall–Kier alpha value is -1.59. The Balaban J connectivity index is 4.27. The van der Waals surface area contributed by atoms with Crippen molar-refractivity contribution >= 4 is 17.9 Å². The summed E-state index contributed by atoms with van der Waals surface area (Å²) in [6.07, 6.45) is 49.5. The van der Waals surface area contributed by atoms with Crippen molar-refractivity contribution in [3.63, 3.8) is 0 Å². The average Bonchev–Trinajstić information content (AvgIpc) is 3.22. The molecular weight excluding hydrogens is 733 g/mol. The number of carbonyl (C=O) groups excluding carboxylic acids is 3. The van der Waals surface area contributed by atoms with Gasteiger partial charge in [-0.3, -0.25) is 14.4 Å². The Morgan fingerprint density at radius 1 is 0.322 bits per heavy atom. The zero-order chi connectivity index (χ0) is 43.1.